The van der Waals surface area contributed by atoms with Crippen LogP contribution in [-0.4, -0.2) is 46.4 Å². The lowest BCUT2D eigenvalue weighted by Gasteiger charge is -2.42. The average molecular weight is 240 g/mol. The maximum atomic E-state index is 12.0. The number of fused-ring (bicyclic) bond motifs is 1. The van der Waals surface area contributed by atoms with Crippen LogP contribution in [0.4, 0.5) is 0 Å². The van der Waals surface area contributed by atoms with Crippen molar-refractivity contribution in [1.82, 2.24) is 10.0 Å². The van der Waals surface area contributed by atoms with Gasteiger partial charge in [0.05, 0.1) is 6.04 Å². The van der Waals surface area contributed by atoms with Crippen LogP contribution >= 0.6 is 0 Å². The number of nitrogens with two attached hydrogens (primary N) is 2. The molecule has 0 aromatic heterocycles. The Morgan fingerprint density at radius 2 is 2.00 bits per heavy atom. The Hall–Kier alpha value is -1.63. The first kappa shape index (κ1) is 11.8. The third-order valence-corrected chi connectivity index (χ3v) is 3.23. The van der Waals surface area contributed by atoms with E-state index in [-0.39, 0.29) is 18.2 Å². The molecule has 0 saturated carbocycles. The van der Waals surface area contributed by atoms with Crippen LogP contribution in [0.2, 0.25) is 0 Å². The number of hydrogen-bond acceptors (Lipinski definition) is 4. The molecule has 94 valence electrons. The van der Waals surface area contributed by atoms with E-state index in [1.165, 1.54) is 10.0 Å². The van der Waals surface area contributed by atoms with Crippen LogP contribution in [0, 0.1) is 0 Å². The van der Waals surface area contributed by atoms with Gasteiger partial charge in [-0.3, -0.25) is 19.4 Å². The van der Waals surface area contributed by atoms with E-state index >= 15 is 0 Å². The number of rotatable bonds is 1. The molecule has 2 atom stereocenters. The van der Waals surface area contributed by atoms with Gasteiger partial charge in [0.15, 0.2) is 0 Å². The highest BCUT2D eigenvalue weighted by Crippen LogP contribution is 2.23. The Kier molecular flexibility index (Phi) is 3.01. The summed E-state index contributed by atoms with van der Waals surface area (Å²) in [5, 5.41) is 2.50. The number of nitrogens with zero attached hydrogens (tertiary/aromatic N) is 2. The van der Waals surface area contributed by atoms with Crippen LogP contribution in [0.3, 0.4) is 0 Å². The van der Waals surface area contributed by atoms with Gasteiger partial charge in [0, 0.05) is 13.0 Å². The highest BCUT2D eigenvalue weighted by Gasteiger charge is 2.42. The zero-order valence-electron chi connectivity index (χ0n) is 9.46. The maximum Gasteiger partial charge on any atom is 0.258 e. The number of amides is 3. The largest absolute Gasteiger partial charge is 0.368 e. The molecule has 0 aromatic carbocycles. The Morgan fingerprint density at radius 3 is 2.65 bits per heavy atom. The van der Waals surface area contributed by atoms with E-state index in [0.29, 0.717) is 25.8 Å². The van der Waals surface area contributed by atoms with Gasteiger partial charge in [0.1, 0.15) is 6.04 Å². The van der Waals surface area contributed by atoms with Gasteiger partial charge in [-0.05, 0) is 19.3 Å². The van der Waals surface area contributed by atoms with Gasteiger partial charge >= 0.3 is 0 Å². The van der Waals surface area contributed by atoms with Crippen LogP contribution in [0.25, 0.3) is 0 Å². The summed E-state index contributed by atoms with van der Waals surface area (Å²) in [5.74, 6) is -1.15. The smallest absolute Gasteiger partial charge is 0.258 e. The quantitative estimate of drug-likeness (QED) is 0.570. The summed E-state index contributed by atoms with van der Waals surface area (Å²) in [7, 11) is 0. The van der Waals surface area contributed by atoms with Crippen LogP contribution in [0.1, 0.15) is 25.7 Å². The topological polar surface area (TPSA) is 110 Å². The summed E-state index contributed by atoms with van der Waals surface area (Å²) in [5.41, 5.74) is 11.0. The normalized spacial score (nSPS) is 29.9. The number of hydrazine groups is 1. The minimum Gasteiger partial charge on any atom is -0.368 e. The number of hydrogen-bond donors (Lipinski definition) is 2. The van der Waals surface area contributed by atoms with E-state index < -0.39 is 18.0 Å². The van der Waals surface area contributed by atoms with E-state index in [2.05, 4.69) is 0 Å². The molecular formula is C10H16N4O3. The van der Waals surface area contributed by atoms with E-state index in [4.69, 9.17) is 11.5 Å². The summed E-state index contributed by atoms with van der Waals surface area (Å²) in [6.45, 7) is 0.446. The second-order valence-electron chi connectivity index (χ2n) is 4.41. The number of primary amides is 1. The zero-order valence-corrected chi connectivity index (χ0v) is 9.46. The van der Waals surface area contributed by atoms with Crippen LogP contribution in [0.15, 0.2) is 0 Å². The fourth-order valence-corrected chi connectivity index (χ4v) is 2.31. The van der Waals surface area contributed by atoms with Gasteiger partial charge in [-0.2, -0.15) is 0 Å². The zero-order chi connectivity index (χ0) is 12.6. The second kappa shape index (κ2) is 4.33. The van der Waals surface area contributed by atoms with Gasteiger partial charge in [-0.1, -0.05) is 0 Å². The van der Waals surface area contributed by atoms with Crippen molar-refractivity contribution in [2.75, 3.05) is 6.54 Å². The first-order valence-electron chi connectivity index (χ1n) is 5.70. The predicted octanol–water partition coefficient (Wildman–Crippen LogP) is -1.67. The molecule has 0 aromatic rings. The van der Waals surface area contributed by atoms with Gasteiger partial charge in [0.25, 0.3) is 5.91 Å². The van der Waals surface area contributed by atoms with Gasteiger partial charge < -0.3 is 11.5 Å². The van der Waals surface area contributed by atoms with E-state index in [1.54, 1.807) is 0 Å². The Labute approximate surface area is 98.7 Å². The molecule has 3 amide bonds. The maximum absolute atomic E-state index is 12.0. The molecule has 0 radical (unpaired) electrons. The lowest BCUT2D eigenvalue weighted by Crippen LogP contribution is -2.62. The first-order chi connectivity index (χ1) is 8.02. The second-order valence-corrected chi connectivity index (χ2v) is 4.41. The van der Waals surface area contributed by atoms with Crippen molar-refractivity contribution in [3.8, 4) is 0 Å². The number of carbonyl (C=O) groups excluding carboxylic acids is 3. The fraction of sp³-hybridized carbons (Fsp3) is 0.700. The summed E-state index contributed by atoms with van der Waals surface area (Å²) in [6.07, 6.45) is 1.70. The van der Waals surface area contributed by atoms with Crippen molar-refractivity contribution in [2.45, 2.75) is 37.8 Å². The molecule has 2 heterocycles. The van der Waals surface area contributed by atoms with Crippen molar-refractivity contribution in [3.05, 3.63) is 0 Å². The predicted molar refractivity (Wildman–Crippen MR) is 58.0 cm³/mol. The third kappa shape index (κ3) is 1.97. The summed E-state index contributed by atoms with van der Waals surface area (Å²) >= 11 is 0. The van der Waals surface area contributed by atoms with Crippen molar-refractivity contribution in [3.63, 3.8) is 0 Å². The highest BCUT2D eigenvalue weighted by molar-refractivity contribution is 5.92. The molecule has 17 heavy (non-hydrogen) atoms. The highest BCUT2D eigenvalue weighted by atomic mass is 16.2. The molecule has 2 fully saturated rings. The van der Waals surface area contributed by atoms with E-state index in [1.807, 2.05) is 0 Å². The van der Waals surface area contributed by atoms with Crippen LogP contribution < -0.4 is 11.5 Å². The molecule has 4 N–H and O–H groups in total. The van der Waals surface area contributed by atoms with Crippen molar-refractivity contribution >= 4 is 17.7 Å². The molecule has 0 aliphatic carbocycles. The van der Waals surface area contributed by atoms with Crippen LogP contribution in [0.5, 0.6) is 0 Å². The van der Waals surface area contributed by atoms with Gasteiger partial charge in [-0.15, -0.1) is 0 Å². The van der Waals surface area contributed by atoms with E-state index in [9.17, 15) is 14.4 Å². The van der Waals surface area contributed by atoms with Gasteiger partial charge in [-0.25, -0.2) is 5.01 Å². The Balaban J connectivity index is 2.34. The molecule has 7 heteroatoms. The lowest BCUT2D eigenvalue weighted by atomic mass is 10.1. The first-order valence-corrected chi connectivity index (χ1v) is 5.70. The summed E-state index contributed by atoms with van der Waals surface area (Å²) in [4.78, 5) is 35.2. The van der Waals surface area contributed by atoms with E-state index in [0.717, 1.165) is 0 Å². The van der Waals surface area contributed by atoms with Crippen molar-refractivity contribution < 1.29 is 14.4 Å². The summed E-state index contributed by atoms with van der Waals surface area (Å²) < 4.78 is 0. The van der Waals surface area contributed by atoms with Crippen molar-refractivity contribution in [1.29, 1.82) is 0 Å². The molecule has 0 bridgehead atoms. The SMILES string of the molecule is NC(=O)[C@@H]1CCCN2C(=O)CC[C@H](N)C(=O)N12. The Bertz CT molecular complexity index is 371. The fourth-order valence-electron chi connectivity index (χ4n) is 2.31. The summed E-state index contributed by atoms with van der Waals surface area (Å²) in [6, 6.07) is -1.48. The Morgan fingerprint density at radius 1 is 1.29 bits per heavy atom. The molecule has 0 spiro atoms. The number of carbonyl (C=O) groups is 3. The minimum absolute atomic E-state index is 0.169. The molecule has 2 rings (SSSR count). The monoisotopic (exact) mass is 240 g/mol. The minimum atomic E-state index is -0.746. The van der Waals surface area contributed by atoms with Crippen LogP contribution in [-0.2, 0) is 14.4 Å². The third-order valence-electron chi connectivity index (χ3n) is 3.23. The molecule has 2 saturated heterocycles. The standard InChI is InChI=1S/C10H16N4O3/c11-6-3-4-8(15)13-5-1-2-7(9(12)16)14(13)10(6)17/h6-7H,1-5,11H2,(H2,12,16)/t6-,7-/m0/s1. The van der Waals surface area contributed by atoms with Gasteiger partial charge in [0.2, 0.25) is 11.8 Å². The average Bonchev–Trinajstić information content (AvgIpc) is 2.42. The molecule has 7 nitrogen and oxygen atoms in total. The molecule has 2 aliphatic heterocycles. The molecule has 0 unspecified atom stereocenters. The lowest BCUT2D eigenvalue weighted by molar-refractivity contribution is -0.175. The van der Waals surface area contributed by atoms with Crippen molar-refractivity contribution in [2.24, 2.45) is 11.5 Å². The molecular weight excluding hydrogens is 224 g/mol. The molecule has 2 aliphatic rings.